The van der Waals surface area contributed by atoms with Crippen LogP contribution in [-0.4, -0.2) is 18.4 Å². The van der Waals surface area contributed by atoms with E-state index in [0.29, 0.717) is 5.56 Å². The molecule has 0 unspecified atom stereocenters. The van der Waals surface area contributed by atoms with Gasteiger partial charge in [-0.3, -0.25) is 20.4 Å². The second kappa shape index (κ2) is 7.54. The van der Waals surface area contributed by atoms with Gasteiger partial charge in [0, 0.05) is 11.1 Å². The van der Waals surface area contributed by atoms with Crippen molar-refractivity contribution in [2.45, 2.75) is 20.5 Å². The van der Waals surface area contributed by atoms with E-state index in [1.165, 1.54) is 24.3 Å². The minimum absolute atomic E-state index is 0.0548. The summed E-state index contributed by atoms with van der Waals surface area (Å²) in [6.45, 7) is 0.783. The normalized spacial score (nSPS) is 10.4. The predicted octanol–water partition coefficient (Wildman–Crippen LogP) is 2.98. The number of hydrogen-bond acceptors (Lipinski definition) is 3. The fourth-order valence-electron chi connectivity index (χ4n) is 2.11. The second-order valence-electron chi connectivity index (χ2n) is 5.13. The van der Waals surface area contributed by atoms with Crippen LogP contribution in [0.25, 0.3) is 0 Å². The lowest BCUT2D eigenvalue weighted by atomic mass is 10.1. The third kappa shape index (κ3) is 4.52. The Morgan fingerprint density at radius 1 is 0.958 bits per heavy atom. The van der Waals surface area contributed by atoms with Crippen LogP contribution < -0.4 is 15.6 Å². The maximum atomic E-state index is 12.1. The maximum Gasteiger partial charge on any atom is 0.387 e. The molecule has 0 aliphatic heterocycles. The minimum atomic E-state index is -2.93. The third-order valence-corrected chi connectivity index (χ3v) is 3.26. The van der Waals surface area contributed by atoms with Gasteiger partial charge in [-0.15, -0.1) is 0 Å². The molecule has 0 saturated carbocycles. The molecule has 2 aromatic carbocycles. The first-order valence-electron chi connectivity index (χ1n) is 7.09. The lowest BCUT2D eigenvalue weighted by Crippen LogP contribution is -2.41. The standard InChI is InChI=1S/C17H16F2N2O3/c1-10-3-8-14(11(2)9-10)16(23)21-20-15(22)12-4-6-13(7-5-12)24-17(18)19/h3-9,17H,1-2H3,(H,20,22)(H,21,23). The van der Waals surface area contributed by atoms with Crippen molar-refractivity contribution in [3.63, 3.8) is 0 Å². The molecule has 7 heteroatoms. The summed E-state index contributed by atoms with van der Waals surface area (Å²) >= 11 is 0. The van der Waals surface area contributed by atoms with E-state index >= 15 is 0 Å². The molecule has 24 heavy (non-hydrogen) atoms. The van der Waals surface area contributed by atoms with Crippen molar-refractivity contribution in [1.82, 2.24) is 10.9 Å². The molecule has 5 nitrogen and oxygen atoms in total. The van der Waals surface area contributed by atoms with E-state index in [1.807, 2.05) is 13.0 Å². The Hall–Kier alpha value is -2.96. The number of carbonyl (C=O) groups excluding carboxylic acids is 2. The molecule has 0 aliphatic carbocycles. The van der Waals surface area contributed by atoms with Crippen molar-refractivity contribution in [3.05, 3.63) is 64.7 Å². The van der Waals surface area contributed by atoms with Gasteiger partial charge in [-0.25, -0.2) is 0 Å². The summed E-state index contributed by atoms with van der Waals surface area (Å²) in [7, 11) is 0. The van der Waals surface area contributed by atoms with Gasteiger partial charge in [0.2, 0.25) is 0 Å². The zero-order chi connectivity index (χ0) is 17.7. The molecule has 0 bridgehead atoms. The summed E-state index contributed by atoms with van der Waals surface area (Å²) in [5.41, 5.74) is 7.04. The lowest BCUT2D eigenvalue weighted by Gasteiger charge is -2.10. The second-order valence-corrected chi connectivity index (χ2v) is 5.13. The molecular weight excluding hydrogens is 318 g/mol. The van der Waals surface area contributed by atoms with Crippen LogP contribution >= 0.6 is 0 Å². The number of carbonyl (C=O) groups is 2. The summed E-state index contributed by atoms with van der Waals surface area (Å²) in [4.78, 5) is 24.0. The van der Waals surface area contributed by atoms with Gasteiger partial charge in [0.25, 0.3) is 11.8 Å². The van der Waals surface area contributed by atoms with E-state index < -0.39 is 18.4 Å². The molecule has 0 spiro atoms. The van der Waals surface area contributed by atoms with Crippen LogP contribution in [0.2, 0.25) is 0 Å². The Morgan fingerprint density at radius 3 is 2.17 bits per heavy atom. The van der Waals surface area contributed by atoms with Crippen molar-refractivity contribution in [1.29, 1.82) is 0 Å². The topological polar surface area (TPSA) is 67.4 Å². The molecule has 2 aromatic rings. The van der Waals surface area contributed by atoms with E-state index in [4.69, 9.17) is 0 Å². The SMILES string of the molecule is Cc1ccc(C(=O)NNC(=O)c2ccc(OC(F)F)cc2)c(C)c1. The van der Waals surface area contributed by atoms with E-state index in [1.54, 1.807) is 19.1 Å². The molecule has 2 amide bonds. The quantitative estimate of drug-likeness (QED) is 0.845. The minimum Gasteiger partial charge on any atom is -0.435 e. The summed E-state index contributed by atoms with van der Waals surface area (Å²) in [6, 6.07) is 10.4. The highest BCUT2D eigenvalue weighted by molar-refractivity contribution is 5.99. The monoisotopic (exact) mass is 334 g/mol. The highest BCUT2D eigenvalue weighted by atomic mass is 19.3. The van der Waals surface area contributed by atoms with Crippen LogP contribution in [0.3, 0.4) is 0 Å². The first kappa shape index (κ1) is 17.4. The average molecular weight is 334 g/mol. The average Bonchev–Trinajstić information content (AvgIpc) is 2.52. The van der Waals surface area contributed by atoms with Gasteiger partial charge in [-0.05, 0) is 49.7 Å². The van der Waals surface area contributed by atoms with E-state index in [2.05, 4.69) is 15.6 Å². The Balaban J connectivity index is 1.96. The first-order valence-corrected chi connectivity index (χ1v) is 7.09. The highest BCUT2D eigenvalue weighted by Crippen LogP contribution is 2.15. The summed E-state index contributed by atoms with van der Waals surface area (Å²) in [6.07, 6.45) is 0. The van der Waals surface area contributed by atoms with Crippen LogP contribution in [0.4, 0.5) is 8.78 Å². The first-order chi connectivity index (χ1) is 11.4. The van der Waals surface area contributed by atoms with Gasteiger partial charge in [-0.1, -0.05) is 17.7 Å². The third-order valence-electron chi connectivity index (χ3n) is 3.26. The number of nitrogens with one attached hydrogen (secondary N) is 2. The zero-order valence-corrected chi connectivity index (χ0v) is 13.1. The van der Waals surface area contributed by atoms with Gasteiger partial charge in [0.1, 0.15) is 5.75 Å². The van der Waals surface area contributed by atoms with Gasteiger partial charge in [-0.2, -0.15) is 8.78 Å². The fraction of sp³-hybridized carbons (Fsp3) is 0.176. The zero-order valence-electron chi connectivity index (χ0n) is 13.1. The number of rotatable bonds is 4. The predicted molar refractivity (Wildman–Crippen MR) is 83.9 cm³/mol. The molecule has 2 rings (SSSR count). The summed E-state index contributed by atoms with van der Waals surface area (Å²) in [5.74, 6) is -1.07. The summed E-state index contributed by atoms with van der Waals surface area (Å²) < 4.78 is 28.3. The van der Waals surface area contributed by atoms with Gasteiger partial charge >= 0.3 is 6.61 Å². The summed E-state index contributed by atoms with van der Waals surface area (Å²) in [5, 5.41) is 0. The number of amides is 2. The smallest absolute Gasteiger partial charge is 0.387 e. The Labute approximate surface area is 137 Å². The van der Waals surface area contributed by atoms with Crippen LogP contribution in [0, 0.1) is 13.8 Å². The molecule has 0 aromatic heterocycles. The van der Waals surface area contributed by atoms with Gasteiger partial charge < -0.3 is 4.74 Å². The molecule has 0 fully saturated rings. The van der Waals surface area contributed by atoms with Gasteiger partial charge in [0.05, 0.1) is 0 Å². The molecular formula is C17H16F2N2O3. The van der Waals surface area contributed by atoms with Gasteiger partial charge in [0.15, 0.2) is 0 Å². The van der Waals surface area contributed by atoms with Crippen molar-refractivity contribution in [3.8, 4) is 5.75 Å². The number of halogens is 2. The van der Waals surface area contributed by atoms with Crippen LogP contribution in [-0.2, 0) is 0 Å². The van der Waals surface area contributed by atoms with Crippen molar-refractivity contribution in [2.75, 3.05) is 0 Å². The molecule has 126 valence electrons. The van der Waals surface area contributed by atoms with Crippen LogP contribution in [0.1, 0.15) is 31.8 Å². The Kier molecular flexibility index (Phi) is 5.47. The van der Waals surface area contributed by atoms with Crippen molar-refractivity contribution < 1.29 is 23.1 Å². The van der Waals surface area contributed by atoms with Crippen LogP contribution in [0.5, 0.6) is 5.75 Å². The number of hydrazine groups is 1. The molecule has 0 heterocycles. The Bertz CT molecular complexity index is 746. The Morgan fingerprint density at radius 2 is 1.58 bits per heavy atom. The van der Waals surface area contributed by atoms with E-state index in [0.717, 1.165) is 11.1 Å². The van der Waals surface area contributed by atoms with E-state index in [9.17, 15) is 18.4 Å². The largest absolute Gasteiger partial charge is 0.435 e. The van der Waals surface area contributed by atoms with Crippen molar-refractivity contribution >= 4 is 11.8 Å². The number of alkyl halides is 2. The number of aryl methyl sites for hydroxylation is 2. The maximum absolute atomic E-state index is 12.1. The highest BCUT2D eigenvalue weighted by Gasteiger charge is 2.12. The lowest BCUT2D eigenvalue weighted by molar-refractivity contribution is -0.0498. The molecule has 0 atom stereocenters. The van der Waals surface area contributed by atoms with Crippen LogP contribution in [0.15, 0.2) is 42.5 Å². The molecule has 2 N–H and O–H groups in total. The van der Waals surface area contributed by atoms with E-state index in [-0.39, 0.29) is 11.3 Å². The van der Waals surface area contributed by atoms with Crippen molar-refractivity contribution in [2.24, 2.45) is 0 Å². The number of hydrogen-bond donors (Lipinski definition) is 2. The molecule has 0 aliphatic rings. The molecule has 0 radical (unpaired) electrons. The number of ether oxygens (including phenoxy) is 1. The fourth-order valence-corrected chi connectivity index (χ4v) is 2.11. The molecule has 0 saturated heterocycles. The number of benzene rings is 2.